The third-order valence-corrected chi connectivity index (χ3v) is 1.84. The number of hydrogen-bond acceptors (Lipinski definition) is 2. The van der Waals surface area contributed by atoms with Crippen LogP contribution in [0.15, 0.2) is 12.1 Å². The smallest absolute Gasteiger partial charge is 0.128 e. The van der Waals surface area contributed by atoms with Gasteiger partial charge in [0.15, 0.2) is 0 Å². The number of nitrogens with one attached hydrogen (secondary N) is 1. The fourth-order valence-corrected chi connectivity index (χ4v) is 1.21. The second-order valence-electron chi connectivity index (χ2n) is 4.56. The van der Waals surface area contributed by atoms with Crippen molar-refractivity contribution in [1.29, 1.82) is 0 Å². The van der Waals surface area contributed by atoms with Gasteiger partial charge in [-0.2, -0.15) is 0 Å². The van der Waals surface area contributed by atoms with Crippen molar-refractivity contribution in [3.63, 3.8) is 0 Å². The van der Waals surface area contributed by atoms with Crippen molar-refractivity contribution in [1.82, 2.24) is 0 Å². The molecule has 1 aromatic rings. The Kier molecular flexibility index (Phi) is 2.69. The van der Waals surface area contributed by atoms with Crippen LogP contribution in [-0.4, -0.2) is 5.54 Å². The normalized spacial score (nSPS) is 11.5. The fourth-order valence-electron chi connectivity index (χ4n) is 1.21. The molecule has 0 aromatic heterocycles. The average Bonchev–Trinajstić information content (AvgIpc) is 1.97. The Morgan fingerprint density at radius 1 is 1.29 bits per heavy atom. The minimum atomic E-state index is -0.262. The summed E-state index contributed by atoms with van der Waals surface area (Å²) in [4.78, 5) is 0. The van der Waals surface area contributed by atoms with Crippen molar-refractivity contribution >= 4 is 11.4 Å². The number of rotatable bonds is 1. The Morgan fingerprint density at radius 2 is 1.86 bits per heavy atom. The number of nitrogen functional groups attached to an aromatic ring is 1. The standard InChI is InChI=1S/C11H17FN2/c1-7-5-10(14-11(2,3)4)9(13)6-8(7)12/h5-6,14H,13H2,1-4H3. The lowest BCUT2D eigenvalue weighted by Crippen LogP contribution is -2.26. The average molecular weight is 196 g/mol. The Balaban J connectivity index is 3.04. The summed E-state index contributed by atoms with van der Waals surface area (Å²) in [5.41, 5.74) is 7.46. The lowest BCUT2D eigenvalue weighted by molar-refractivity contribution is 0.615. The van der Waals surface area contributed by atoms with E-state index in [9.17, 15) is 4.39 Å². The molecule has 0 spiro atoms. The molecule has 3 heteroatoms. The summed E-state index contributed by atoms with van der Waals surface area (Å²) in [5, 5.41) is 3.23. The van der Waals surface area contributed by atoms with Crippen molar-refractivity contribution in [2.75, 3.05) is 11.1 Å². The van der Waals surface area contributed by atoms with Crippen LogP contribution in [0.25, 0.3) is 0 Å². The van der Waals surface area contributed by atoms with Crippen molar-refractivity contribution in [2.24, 2.45) is 0 Å². The zero-order valence-corrected chi connectivity index (χ0v) is 9.11. The second kappa shape index (κ2) is 3.48. The summed E-state index contributed by atoms with van der Waals surface area (Å²) in [7, 11) is 0. The summed E-state index contributed by atoms with van der Waals surface area (Å²) in [6.07, 6.45) is 0. The molecule has 78 valence electrons. The summed E-state index contributed by atoms with van der Waals surface area (Å²) in [5.74, 6) is -0.262. The van der Waals surface area contributed by atoms with Gasteiger partial charge in [0.2, 0.25) is 0 Å². The van der Waals surface area contributed by atoms with Gasteiger partial charge in [0.1, 0.15) is 5.82 Å². The van der Waals surface area contributed by atoms with E-state index in [0.29, 0.717) is 11.3 Å². The van der Waals surface area contributed by atoms with Gasteiger partial charge in [-0.25, -0.2) is 4.39 Å². The second-order valence-corrected chi connectivity index (χ2v) is 4.56. The van der Waals surface area contributed by atoms with Crippen LogP contribution >= 0.6 is 0 Å². The number of anilines is 2. The molecule has 0 fully saturated rings. The first-order valence-electron chi connectivity index (χ1n) is 4.63. The Morgan fingerprint density at radius 3 is 2.36 bits per heavy atom. The van der Waals surface area contributed by atoms with Gasteiger partial charge in [-0.15, -0.1) is 0 Å². The van der Waals surface area contributed by atoms with Crippen LogP contribution in [0, 0.1) is 12.7 Å². The highest BCUT2D eigenvalue weighted by Gasteiger charge is 2.12. The maximum absolute atomic E-state index is 13.1. The molecule has 0 bridgehead atoms. The van der Waals surface area contributed by atoms with Gasteiger partial charge in [0.05, 0.1) is 11.4 Å². The van der Waals surface area contributed by atoms with Crippen LogP contribution in [0.5, 0.6) is 0 Å². The number of halogens is 1. The topological polar surface area (TPSA) is 38.0 Å². The van der Waals surface area contributed by atoms with E-state index >= 15 is 0 Å². The van der Waals surface area contributed by atoms with E-state index in [4.69, 9.17) is 5.73 Å². The van der Waals surface area contributed by atoms with Crippen LogP contribution in [0.1, 0.15) is 26.3 Å². The summed E-state index contributed by atoms with van der Waals surface area (Å²) < 4.78 is 13.1. The van der Waals surface area contributed by atoms with Gasteiger partial charge in [0.25, 0.3) is 0 Å². The molecule has 0 heterocycles. The quantitative estimate of drug-likeness (QED) is 0.678. The molecular weight excluding hydrogens is 179 g/mol. The highest BCUT2D eigenvalue weighted by atomic mass is 19.1. The molecule has 0 unspecified atom stereocenters. The first-order chi connectivity index (χ1) is 6.29. The monoisotopic (exact) mass is 196 g/mol. The molecule has 0 amide bonds. The minimum absolute atomic E-state index is 0.0710. The summed E-state index contributed by atoms with van der Waals surface area (Å²) in [6, 6.07) is 3.08. The van der Waals surface area contributed by atoms with Gasteiger partial charge in [-0.05, 0) is 45.4 Å². The number of hydrogen-bond donors (Lipinski definition) is 2. The predicted octanol–water partition coefficient (Wildman–Crippen LogP) is 2.93. The third kappa shape index (κ3) is 2.62. The molecular formula is C11H17FN2. The number of aryl methyl sites for hydroxylation is 1. The molecule has 0 saturated carbocycles. The fraction of sp³-hybridized carbons (Fsp3) is 0.455. The van der Waals surface area contributed by atoms with Crippen molar-refractivity contribution in [3.05, 3.63) is 23.5 Å². The van der Waals surface area contributed by atoms with Crippen LogP contribution in [0.3, 0.4) is 0 Å². The zero-order chi connectivity index (χ0) is 10.9. The van der Waals surface area contributed by atoms with Crippen LogP contribution in [0.4, 0.5) is 15.8 Å². The molecule has 14 heavy (non-hydrogen) atoms. The van der Waals surface area contributed by atoms with Crippen LogP contribution in [-0.2, 0) is 0 Å². The maximum Gasteiger partial charge on any atom is 0.128 e. The van der Waals surface area contributed by atoms with Crippen LogP contribution in [0.2, 0.25) is 0 Å². The van der Waals surface area contributed by atoms with E-state index in [2.05, 4.69) is 5.32 Å². The lowest BCUT2D eigenvalue weighted by Gasteiger charge is -2.23. The van der Waals surface area contributed by atoms with E-state index in [-0.39, 0.29) is 11.4 Å². The Hall–Kier alpha value is -1.25. The zero-order valence-electron chi connectivity index (χ0n) is 9.11. The molecule has 0 aliphatic rings. The number of nitrogens with two attached hydrogens (primary N) is 1. The minimum Gasteiger partial charge on any atom is -0.397 e. The molecule has 0 saturated heterocycles. The van der Waals surface area contributed by atoms with E-state index in [1.165, 1.54) is 6.07 Å². The van der Waals surface area contributed by atoms with Crippen molar-refractivity contribution in [2.45, 2.75) is 33.2 Å². The van der Waals surface area contributed by atoms with E-state index < -0.39 is 0 Å². The summed E-state index contributed by atoms with van der Waals surface area (Å²) >= 11 is 0. The predicted molar refractivity (Wildman–Crippen MR) is 58.9 cm³/mol. The highest BCUT2D eigenvalue weighted by molar-refractivity contribution is 5.68. The molecule has 1 rings (SSSR count). The lowest BCUT2D eigenvalue weighted by atomic mass is 10.1. The van der Waals surface area contributed by atoms with E-state index in [1.54, 1.807) is 13.0 Å². The van der Waals surface area contributed by atoms with E-state index in [1.807, 2.05) is 20.8 Å². The largest absolute Gasteiger partial charge is 0.397 e. The van der Waals surface area contributed by atoms with Gasteiger partial charge in [-0.1, -0.05) is 0 Å². The first-order valence-corrected chi connectivity index (χ1v) is 4.63. The molecule has 0 radical (unpaired) electrons. The SMILES string of the molecule is Cc1cc(NC(C)(C)C)c(N)cc1F. The molecule has 0 aliphatic carbocycles. The molecule has 2 nitrogen and oxygen atoms in total. The maximum atomic E-state index is 13.1. The van der Waals surface area contributed by atoms with Crippen LogP contribution < -0.4 is 11.1 Å². The first kappa shape index (κ1) is 10.8. The van der Waals surface area contributed by atoms with E-state index in [0.717, 1.165) is 5.69 Å². The molecule has 0 aliphatic heterocycles. The van der Waals surface area contributed by atoms with Crippen molar-refractivity contribution < 1.29 is 4.39 Å². The molecule has 1 aromatic carbocycles. The summed E-state index contributed by atoms with van der Waals surface area (Å²) in [6.45, 7) is 7.82. The van der Waals surface area contributed by atoms with Gasteiger partial charge in [0, 0.05) is 5.54 Å². The third-order valence-electron chi connectivity index (χ3n) is 1.84. The van der Waals surface area contributed by atoms with Crippen molar-refractivity contribution in [3.8, 4) is 0 Å². The van der Waals surface area contributed by atoms with Gasteiger partial charge < -0.3 is 11.1 Å². The van der Waals surface area contributed by atoms with Gasteiger partial charge in [-0.3, -0.25) is 0 Å². The highest BCUT2D eigenvalue weighted by Crippen LogP contribution is 2.25. The number of benzene rings is 1. The van der Waals surface area contributed by atoms with Gasteiger partial charge >= 0.3 is 0 Å². The molecule has 0 atom stereocenters. The molecule has 3 N–H and O–H groups in total. The Bertz CT molecular complexity index is 340. The Labute approximate surface area is 84.3 Å².